The lowest BCUT2D eigenvalue weighted by Crippen LogP contribution is -2.43. The average Bonchev–Trinajstić information content (AvgIpc) is 3.05. The van der Waals surface area contributed by atoms with Gasteiger partial charge < -0.3 is 20.5 Å². The maximum Gasteiger partial charge on any atom is 0.225 e. The quantitative estimate of drug-likeness (QED) is 0.212. The Balaban J connectivity index is 0.00000676. The summed E-state index contributed by atoms with van der Waals surface area (Å²) in [5.41, 5.74) is 0.625. The first-order valence-corrected chi connectivity index (χ1v) is 9.57. The number of hydrogen-bond acceptors (Lipinski definition) is 4. The van der Waals surface area contributed by atoms with E-state index in [0.29, 0.717) is 31.5 Å². The minimum Gasteiger partial charge on any atom is -0.359 e. The van der Waals surface area contributed by atoms with Gasteiger partial charge in [0.25, 0.3) is 0 Å². The molecule has 8 heteroatoms. The van der Waals surface area contributed by atoms with Crippen LogP contribution in [-0.2, 0) is 11.3 Å². The van der Waals surface area contributed by atoms with Crippen molar-refractivity contribution in [1.29, 1.82) is 0 Å². The molecule has 0 unspecified atom stereocenters. The van der Waals surface area contributed by atoms with Crippen LogP contribution in [0.15, 0.2) is 15.6 Å². The number of aromatic nitrogens is 1. The molecule has 0 saturated heterocycles. The highest BCUT2D eigenvalue weighted by Crippen LogP contribution is 2.22. The Morgan fingerprint density at radius 3 is 2.33 bits per heavy atom. The molecule has 1 rings (SSSR count). The number of amides is 1. The zero-order valence-electron chi connectivity index (χ0n) is 17.5. The molecule has 0 bridgehead atoms. The molecule has 0 spiro atoms. The Labute approximate surface area is 180 Å². The number of guanidine groups is 1. The van der Waals surface area contributed by atoms with Gasteiger partial charge in [-0.25, -0.2) is 4.99 Å². The molecule has 0 aromatic carbocycles. The molecule has 0 saturated carbocycles. The van der Waals surface area contributed by atoms with E-state index < -0.39 is 0 Å². The summed E-state index contributed by atoms with van der Waals surface area (Å²) in [6, 6.07) is 1.99. The predicted octanol–water partition coefficient (Wildman–Crippen LogP) is 3.41. The van der Waals surface area contributed by atoms with Crippen molar-refractivity contribution in [3.05, 3.63) is 17.5 Å². The van der Waals surface area contributed by atoms with Crippen LogP contribution in [0.25, 0.3) is 0 Å². The molecule has 1 aromatic heterocycles. The van der Waals surface area contributed by atoms with Crippen LogP contribution in [0.2, 0.25) is 0 Å². The van der Waals surface area contributed by atoms with Gasteiger partial charge >= 0.3 is 0 Å². The van der Waals surface area contributed by atoms with E-state index in [2.05, 4.69) is 39.9 Å². The van der Waals surface area contributed by atoms with E-state index in [-0.39, 0.29) is 35.3 Å². The normalized spacial score (nSPS) is 11.9. The Hall–Kier alpha value is -1.32. The highest BCUT2D eigenvalue weighted by Gasteiger charge is 2.20. The molecular formula is C19H36IN5O2. The van der Waals surface area contributed by atoms with E-state index in [9.17, 15) is 4.79 Å². The molecule has 3 N–H and O–H groups in total. The summed E-state index contributed by atoms with van der Waals surface area (Å²) in [5.74, 6) is 1.93. The van der Waals surface area contributed by atoms with Gasteiger partial charge in [-0.15, -0.1) is 24.0 Å². The van der Waals surface area contributed by atoms with Crippen LogP contribution in [-0.4, -0.2) is 36.7 Å². The second-order valence-corrected chi connectivity index (χ2v) is 7.36. The summed E-state index contributed by atoms with van der Waals surface area (Å²) < 4.78 is 5.40. The lowest BCUT2D eigenvalue weighted by Gasteiger charge is -2.18. The minimum atomic E-state index is -0.378. The summed E-state index contributed by atoms with van der Waals surface area (Å²) in [4.78, 5) is 16.4. The van der Waals surface area contributed by atoms with Crippen molar-refractivity contribution in [1.82, 2.24) is 21.1 Å². The lowest BCUT2D eigenvalue weighted by atomic mass is 9.96. The first-order chi connectivity index (χ1) is 12.3. The Bertz CT molecular complexity index is 577. The van der Waals surface area contributed by atoms with Gasteiger partial charge in [0.15, 0.2) is 11.7 Å². The molecule has 0 fully saturated rings. The zero-order valence-corrected chi connectivity index (χ0v) is 19.8. The second kappa shape index (κ2) is 13.0. The number of rotatable bonds is 9. The smallest absolute Gasteiger partial charge is 0.225 e. The summed E-state index contributed by atoms with van der Waals surface area (Å²) >= 11 is 0. The number of nitrogens with zero attached hydrogens (tertiary/aromatic N) is 2. The monoisotopic (exact) mass is 493 g/mol. The van der Waals surface area contributed by atoms with Crippen molar-refractivity contribution >= 4 is 35.8 Å². The van der Waals surface area contributed by atoms with Crippen LogP contribution < -0.4 is 16.0 Å². The van der Waals surface area contributed by atoms with Crippen molar-refractivity contribution in [3.63, 3.8) is 0 Å². The standard InChI is InChI=1S/C19H35N5O2.HI/c1-7-14(8-2)16-12-15(26-24-16)13-23-18(20-9-3)22-11-10-21-17(25)19(4,5)6;/h12,14H,7-11,13H2,1-6H3,(H,21,25)(H2,20,22,23);1H. The van der Waals surface area contributed by atoms with Crippen molar-refractivity contribution in [2.45, 2.75) is 66.8 Å². The fraction of sp³-hybridized carbons (Fsp3) is 0.737. The molecule has 7 nitrogen and oxygen atoms in total. The van der Waals surface area contributed by atoms with E-state index in [1.54, 1.807) is 0 Å². The molecule has 0 aliphatic heterocycles. The van der Waals surface area contributed by atoms with E-state index in [4.69, 9.17) is 4.52 Å². The number of halogens is 1. The van der Waals surface area contributed by atoms with Crippen LogP contribution in [0.3, 0.4) is 0 Å². The van der Waals surface area contributed by atoms with Crippen LogP contribution in [0.1, 0.15) is 71.8 Å². The van der Waals surface area contributed by atoms with Gasteiger partial charge in [0.05, 0.1) is 5.69 Å². The summed E-state index contributed by atoms with van der Waals surface area (Å²) in [6.45, 7) is 14.4. The Morgan fingerprint density at radius 1 is 1.15 bits per heavy atom. The average molecular weight is 493 g/mol. The first-order valence-electron chi connectivity index (χ1n) is 9.57. The Morgan fingerprint density at radius 2 is 1.78 bits per heavy atom. The van der Waals surface area contributed by atoms with Gasteiger partial charge in [-0.3, -0.25) is 4.79 Å². The number of aliphatic imine (C=N–C) groups is 1. The molecule has 156 valence electrons. The van der Waals surface area contributed by atoms with Crippen molar-refractivity contribution in [3.8, 4) is 0 Å². The minimum absolute atomic E-state index is 0. The van der Waals surface area contributed by atoms with Crippen molar-refractivity contribution < 1.29 is 9.32 Å². The number of nitrogens with one attached hydrogen (secondary N) is 3. The van der Waals surface area contributed by atoms with Gasteiger partial charge in [0, 0.05) is 37.0 Å². The molecule has 0 radical (unpaired) electrons. The molecular weight excluding hydrogens is 457 g/mol. The summed E-state index contributed by atoms with van der Waals surface area (Å²) in [6.07, 6.45) is 2.10. The molecule has 0 aliphatic rings. The first kappa shape index (κ1) is 25.7. The predicted molar refractivity (Wildman–Crippen MR) is 121 cm³/mol. The molecule has 1 aromatic rings. The molecule has 0 atom stereocenters. The van der Waals surface area contributed by atoms with E-state index in [1.165, 1.54) is 0 Å². The maximum atomic E-state index is 11.8. The maximum absolute atomic E-state index is 11.8. The third-order valence-corrected chi connectivity index (χ3v) is 4.10. The number of carbonyl (C=O) groups excluding carboxylic acids is 1. The third-order valence-electron chi connectivity index (χ3n) is 4.10. The molecule has 1 heterocycles. The van der Waals surface area contributed by atoms with Gasteiger partial charge in [-0.2, -0.15) is 0 Å². The largest absolute Gasteiger partial charge is 0.359 e. The van der Waals surface area contributed by atoms with Gasteiger partial charge in [-0.1, -0.05) is 39.8 Å². The Kier molecular flexibility index (Phi) is 12.3. The summed E-state index contributed by atoms with van der Waals surface area (Å²) in [7, 11) is 0. The van der Waals surface area contributed by atoms with Crippen LogP contribution in [0.4, 0.5) is 0 Å². The molecule has 0 aliphatic carbocycles. The zero-order chi connectivity index (χ0) is 19.6. The van der Waals surface area contributed by atoms with Crippen LogP contribution >= 0.6 is 24.0 Å². The van der Waals surface area contributed by atoms with Gasteiger partial charge in [0.2, 0.25) is 5.91 Å². The van der Waals surface area contributed by atoms with Crippen molar-refractivity contribution in [2.75, 3.05) is 19.6 Å². The van der Waals surface area contributed by atoms with Crippen LogP contribution in [0.5, 0.6) is 0 Å². The van der Waals surface area contributed by atoms with E-state index in [1.807, 2.05) is 33.8 Å². The van der Waals surface area contributed by atoms with Gasteiger partial charge in [-0.05, 0) is 19.8 Å². The number of carbonyl (C=O) groups is 1. The highest BCUT2D eigenvalue weighted by molar-refractivity contribution is 14.0. The van der Waals surface area contributed by atoms with Gasteiger partial charge in [0.1, 0.15) is 6.54 Å². The molecule has 27 heavy (non-hydrogen) atoms. The van der Waals surface area contributed by atoms with E-state index in [0.717, 1.165) is 30.8 Å². The number of hydrogen-bond donors (Lipinski definition) is 3. The summed E-state index contributed by atoms with van der Waals surface area (Å²) in [5, 5.41) is 13.5. The fourth-order valence-electron chi connectivity index (χ4n) is 2.42. The topological polar surface area (TPSA) is 91.6 Å². The van der Waals surface area contributed by atoms with E-state index >= 15 is 0 Å². The van der Waals surface area contributed by atoms with Crippen LogP contribution in [0, 0.1) is 5.41 Å². The highest BCUT2D eigenvalue weighted by atomic mass is 127. The lowest BCUT2D eigenvalue weighted by molar-refractivity contribution is -0.128. The SMILES string of the molecule is CCNC(=NCc1cc(C(CC)CC)no1)NCCNC(=O)C(C)(C)C.I. The second-order valence-electron chi connectivity index (χ2n) is 7.36. The molecule has 1 amide bonds. The third kappa shape index (κ3) is 9.44. The fourth-order valence-corrected chi connectivity index (χ4v) is 2.42. The van der Waals surface area contributed by atoms with Crippen molar-refractivity contribution in [2.24, 2.45) is 10.4 Å².